The molecular formula is C8H7BrO4S. The third-order valence-electron chi connectivity index (χ3n) is 1.61. The van der Waals surface area contributed by atoms with Gasteiger partial charge in [-0.2, -0.15) is 8.42 Å². The maximum absolute atomic E-state index is 11.1. The van der Waals surface area contributed by atoms with E-state index in [2.05, 4.69) is 15.9 Å². The Hall–Kier alpha value is -0.720. The Morgan fingerprint density at radius 1 is 1.43 bits per heavy atom. The summed E-state index contributed by atoms with van der Waals surface area (Å²) in [6.07, 6.45) is 0. The molecule has 76 valence electrons. The number of carbonyl (C=O) groups excluding carboxylic acids is 1. The van der Waals surface area contributed by atoms with Crippen LogP contribution in [0.5, 0.6) is 0 Å². The normalized spacial score (nSPS) is 11.4. The monoisotopic (exact) mass is 278 g/mol. The first-order chi connectivity index (χ1) is 6.34. The molecule has 0 aliphatic rings. The molecule has 0 fully saturated rings. The predicted octanol–water partition coefficient (Wildman–Crippen LogP) is 1.90. The zero-order chi connectivity index (χ0) is 10.9. The summed E-state index contributed by atoms with van der Waals surface area (Å²) >= 11 is 3.04. The summed E-state index contributed by atoms with van der Waals surface area (Å²) < 4.78 is 31.0. The molecule has 0 amide bonds. The molecule has 0 radical (unpaired) electrons. The highest BCUT2D eigenvalue weighted by Gasteiger charge is 2.19. The van der Waals surface area contributed by atoms with E-state index in [9.17, 15) is 13.2 Å². The standard InChI is InChI=1S/C8H7BrO4S/c1-5(10)8-6(9)3-2-4-7(8)14(11,12)13/h2-4H,1H3,(H,11,12,13). The molecule has 4 nitrogen and oxygen atoms in total. The first kappa shape index (κ1) is 11.4. The second-order valence-corrected chi connectivity index (χ2v) is 4.89. The van der Waals surface area contributed by atoms with E-state index in [1.54, 1.807) is 0 Å². The largest absolute Gasteiger partial charge is 0.295 e. The van der Waals surface area contributed by atoms with Crippen LogP contribution in [0.2, 0.25) is 0 Å². The van der Waals surface area contributed by atoms with Crippen LogP contribution in [-0.4, -0.2) is 18.8 Å². The number of ketones is 1. The lowest BCUT2D eigenvalue weighted by molar-refractivity contribution is 0.101. The van der Waals surface area contributed by atoms with Crippen molar-refractivity contribution in [1.82, 2.24) is 0 Å². The third kappa shape index (κ3) is 2.20. The molecule has 6 heteroatoms. The summed E-state index contributed by atoms with van der Waals surface area (Å²) in [5.74, 6) is -0.426. The van der Waals surface area contributed by atoms with E-state index in [1.165, 1.54) is 25.1 Å². The zero-order valence-corrected chi connectivity index (χ0v) is 9.59. The van der Waals surface area contributed by atoms with Gasteiger partial charge in [-0.15, -0.1) is 0 Å². The van der Waals surface area contributed by atoms with Crippen LogP contribution in [0.3, 0.4) is 0 Å². The van der Waals surface area contributed by atoms with Crippen molar-refractivity contribution in [2.45, 2.75) is 11.8 Å². The molecule has 0 unspecified atom stereocenters. The molecule has 0 aromatic heterocycles. The second kappa shape index (κ2) is 3.80. The van der Waals surface area contributed by atoms with Gasteiger partial charge in [0.05, 0.1) is 5.56 Å². The third-order valence-corrected chi connectivity index (χ3v) is 3.16. The lowest BCUT2D eigenvalue weighted by Crippen LogP contribution is -2.07. The van der Waals surface area contributed by atoms with Crippen molar-refractivity contribution in [3.8, 4) is 0 Å². The van der Waals surface area contributed by atoms with Gasteiger partial charge in [0.1, 0.15) is 4.90 Å². The van der Waals surface area contributed by atoms with Crippen LogP contribution in [0.1, 0.15) is 17.3 Å². The number of hydrogen-bond donors (Lipinski definition) is 1. The van der Waals surface area contributed by atoms with E-state index in [0.29, 0.717) is 4.47 Å². The number of Topliss-reactive ketones (excluding diaryl/α,β-unsaturated/α-hetero) is 1. The smallest absolute Gasteiger partial charge is 0.294 e. The van der Waals surface area contributed by atoms with Gasteiger partial charge < -0.3 is 0 Å². The molecule has 0 heterocycles. The topological polar surface area (TPSA) is 71.4 Å². The number of rotatable bonds is 2. The summed E-state index contributed by atoms with van der Waals surface area (Å²) in [5, 5.41) is 0. The SMILES string of the molecule is CC(=O)c1c(Br)cccc1S(=O)(=O)O. The first-order valence-electron chi connectivity index (χ1n) is 3.61. The average Bonchev–Trinajstić information content (AvgIpc) is 2.01. The minimum absolute atomic E-state index is 0.0324. The molecule has 1 rings (SSSR count). The predicted molar refractivity (Wildman–Crippen MR) is 54.0 cm³/mol. The van der Waals surface area contributed by atoms with Gasteiger partial charge in [-0.3, -0.25) is 9.35 Å². The van der Waals surface area contributed by atoms with Crippen molar-refractivity contribution in [3.63, 3.8) is 0 Å². The van der Waals surface area contributed by atoms with Crippen molar-refractivity contribution in [2.75, 3.05) is 0 Å². The Kier molecular flexibility index (Phi) is 3.08. The van der Waals surface area contributed by atoms with E-state index in [4.69, 9.17) is 4.55 Å². The minimum Gasteiger partial charge on any atom is -0.294 e. The van der Waals surface area contributed by atoms with E-state index in [-0.39, 0.29) is 10.5 Å². The quantitative estimate of drug-likeness (QED) is 0.663. The summed E-state index contributed by atoms with van der Waals surface area (Å²) in [5.41, 5.74) is -0.0324. The van der Waals surface area contributed by atoms with Crippen LogP contribution in [0.15, 0.2) is 27.6 Å². The van der Waals surface area contributed by atoms with Gasteiger partial charge in [-0.1, -0.05) is 22.0 Å². The van der Waals surface area contributed by atoms with Gasteiger partial charge in [0, 0.05) is 4.47 Å². The van der Waals surface area contributed by atoms with Crippen molar-refractivity contribution < 1.29 is 17.8 Å². The number of halogens is 1. The zero-order valence-electron chi connectivity index (χ0n) is 7.19. The Bertz CT molecular complexity index is 478. The molecule has 1 aromatic carbocycles. The lowest BCUT2D eigenvalue weighted by Gasteiger charge is -2.05. The van der Waals surface area contributed by atoms with Crippen molar-refractivity contribution in [3.05, 3.63) is 28.2 Å². The van der Waals surface area contributed by atoms with Gasteiger partial charge in [0.2, 0.25) is 0 Å². The molecule has 0 saturated carbocycles. The van der Waals surface area contributed by atoms with Crippen LogP contribution < -0.4 is 0 Å². The number of benzene rings is 1. The highest BCUT2D eigenvalue weighted by Crippen LogP contribution is 2.24. The van der Waals surface area contributed by atoms with Crippen molar-refractivity contribution in [1.29, 1.82) is 0 Å². The Labute approximate surface area is 89.8 Å². The van der Waals surface area contributed by atoms with Crippen LogP contribution in [0.25, 0.3) is 0 Å². The summed E-state index contributed by atoms with van der Waals surface area (Å²) in [4.78, 5) is 10.8. The van der Waals surface area contributed by atoms with Crippen molar-refractivity contribution >= 4 is 31.8 Å². The van der Waals surface area contributed by atoms with E-state index in [1.807, 2.05) is 0 Å². The Morgan fingerprint density at radius 2 is 2.00 bits per heavy atom. The van der Waals surface area contributed by atoms with Gasteiger partial charge in [-0.25, -0.2) is 0 Å². The van der Waals surface area contributed by atoms with Gasteiger partial charge in [0.15, 0.2) is 5.78 Å². The van der Waals surface area contributed by atoms with E-state index < -0.39 is 15.9 Å². The molecule has 0 aliphatic heterocycles. The highest BCUT2D eigenvalue weighted by molar-refractivity contribution is 9.10. The molecule has 1 N–H and O–H groups in total. The minimum atomic E-state index is -4.35. The fourth-order valence-corrected chi connectivity index (χ4v) is 2.60. The first-order valence-corrected chi connectivity index (χ1v) is 5.84. The maximum atomic E-state index is 11.1. The molecular weight excluding hydrogens is 272 g/mol. The number of hydrogen-bond acceptors (Lipinski definition) is 3. The lowest BCUT2D eigenvalue weighted by atomic mass is 10.1. The van der Waals surface area contributed by atoms with Gasteiger partial charge in [-0.05, 0) is 19.1 Å². The number of carbonyl (C=O) groups is 1. The summed E-state index contributed by atoms with van der Waals surface area (Å²) in [7, 11) is -4.35. The van der Waals surface area contributed by atoms with Gasteiger partial charge >= 0.3 is 0 Å². The molecule has 1 aromatic rings. The summed E-state index contributed by atoms with van der Waals surface area (Å²) in [6, 6.07) is 4.14. The molecule has 14 heavy (non-hydrogen) atoms. The Morgan fingerprint density at radius 3 is 2.36 bits per heavy atom. The van der Waals surface area contributed by atoms with Gasteiger partial charge in [0.25, 0.3) is 10.1 Å². The molecule has 0 bridgehead atoms. The molecule has 0 aliphatic carbocycles. The maximum Gasteiger partial charge on any atom is 0.295 e. The van der Waals surface area contributed by atoms with Crippen LogP contribution >= 0.6 is 15.9 Å². The van der Waals surface area contributed by atoms with Crippen molar-refractivity contribution in [2.24, 2.45) is 0 Å². The van der Waals surface area contributed by atoms with Crippen LogP contribution in [0, 0.1) is 0 Å². The van der Waals surface area contributed by atoms with Crippen LogP contribution in [0.4, 0.5) is 0 Å². The molecule has 0 spiro atoms. The van der Waals surface area contributed by atoms with Crippen LogP contribution in [-0.2, 0) is 10.1 Å². The second-order valence-electron chi connectivity index (χ2n) is 2.64. The fraction of sp³-hybridized carbons (Fsp3) is 0.125. The fourth-order valence-electron chi connectivity index (χ4n) is 1.06. The molecule has 0 atom stereocenters. The Balaban J connectivity index is 3.61. The molecule has 0 saturated heterocycles. The summed E-state index contributed by atoms with van der Waals surface area (Å²) in [6.45, 7) is 1.23. The highest BCUT2D eigenvalue weighted by atomic mass is 79.9. The van der Waals surface area contributed by atoms with E-state index in [0.717, 1.165) is 0 Å². The van der Waals surface area contributed by atoms with E-state index >= 15 is 0 Å². The average molecular weight is 279 g/mol.